The normalized spacial score (nSPS) is 22.5. The third-order valence-electron chi connectivity index (χ3n) is 1.77. The zero-order chi connectivity index (χ0) is 8.23. The van der Waals surface area contributed by atoms with Crippen molar-refractivity contribution in [1.29, 1.82) is 0 Å². The van der Waals surface area contributed by atoms with E-state index >= 15 is 0 Å². The highest BCUT2D eigenvalue weighted by molar-refractivity contribution is 5.21. The van der Waals surface area contributed by atoms with Gasteiger partial charge in [0, 0.05) is 0 Å². The Kier molecular flexibility index (Phi) is 2.21. The predicted molar refractivity (Wildman–Crippen MR) is 45.4 cm³/mol. The zero-order valence-corrected chi connectivity index (χ0v) is 6.64. The van der Waals surface area contributed by atoms with Crippen molar-refractivity contribution in [1.82, 2.24) is 0 Å². The van der Waals surface area contributed by atoms with E-state index in [1.165, 1.54) is 0 Å². The van der Waals surface area contributed by atoms with E-state index in [1.807, 2.05) is 42.5 Å². The van der Waals surface area contributed by atoms with Crippen LogP contribution in [-0.2, 0) is 9.78 Å². The first-order chi connectivity index (χ1) is 5.97. The summed E-state index contributed by atoms with van der Waals surface area (Å²) in [5.74, 6) is 0. The minimum atomic E-state index is -0.0417. The standard InChI is InChI=1S/C10H10O2/c1-2-5-9(6-3-1)10-7-4-8-11-12-10/h1-7,10H,8H2/t10-/m1/s1. The maximum Gasteiger partial charge on any atom is 0.136 e. The molecule has 0 aliphatic carbocycles. The second kappa shape index (κ2) is 3.52. The molecule has 0 bridgehead atoms. The molecule has 1 heterocycles. The van der Waals surface area contributed by atoms with Crippen LogP contribution in [0.1, 0.15) is 11.7 Å². The lowest BCUT2D eigenvalue weighted by Gasteiger charge is -2.15. The Balaban J connectivity index is 2.19. The second-order valence-corrected chi connectivity index (χ2v) is 2.64. The van der Waals surface area contributed by atoms with Crippen LogP contribution >= 0.6 is 0 Å². The molecular formula is C10H10O2. The predicted octanol–water partition coefficient (Wildman–Crippen LogP) is 2.25. The van der Waals surface area contributed by atoms with Crippen molar-refractivity contribution in [3.63, 3.8) is 0 Å². The summed E-state index contributed by atoms with van der Waals surface area (Å²) < 4.78 is 0. The van der Waals surface area contributed by atoms with Crippen LogP contribution in [0.2, 0.25) is 0 Å². The van der Waals surface area contributed by atoms with Gasteiger partial charge in [0.25, 0.3) is 0 Å². The fourth-order valence-electron chi connectivity index (χ4n) is 1.17. The molecule has 0 amide bonds. The van der Waals surface area contributed by atoms with E-state index in [9.17, 15) is 0 Å². The van der Waals surface area contributed by atoms with Gasteiger partial charge in [-0.25, -0.2) is 9.78 Å². The van der Waals surface area contributed by atoms with Crippen molar-refractivity contribution in [3.8, 4) is 0 Å². The molecule has 0 aromatic heterocycles. The maximum absolute atomic E-state index is 5.08. The van der Waals surface area contributed by atoms with Gasteiger partial charge in [0.05, 0.1) is 0 Å². The fraction of sp³-hybridized carbons (Fsp3) is 0.200. The second-order valence-electron chi connectivity index (χ2n) is 2.64. The van der Waals surface area contributed by atoms with E-state index in [0.717, 1.165) is 5.56 Å². The van der Waals surface area contributed by atoms with Crippen LogP contribution in [0.15, 0.2) is 42.5 Å². The van der Waals surface area contributed by atoms with Gasteiger partial charge >= 0.3 is 0 Å². The molecule has 0 fully saturated rings. The smallest absolute Gasteiger partial charge is 0.136 e. The zero-order valence-electron chi connectivity index (χ0n) is 6.64. The quantitative estimate of drug-likeness (QED) is 0.465. The van der Waals surface area contributed by atoms with Gasteiger partial charge in [0.2, 0.25) is 0 Å². The SMILES string of the molecule is C1=C[C@H](c2ccccc2)OOC1. The molecule has 1 atom stereocenters. The Bertz CT molecular complexity index is 266. The van der Waals surface area contributed by atoms with Crippen molar-refractivity contribution in [2.45, 2.75) is 6.10 Å². The summed E-state index contributed by atoms with van der Waals surface area (Å²) in [5.41, 5.74) is 1.12. The third-order valence-corrected chi connectivity index (χ3v) is 1.77. The van der Waals surface area contributed by atoms with E-state index in [2.05, 4.69) is 0 Å². The molecule has 62 valence electrons. The van der Waals surface area contributed by atoms with Gasteiger partial charge in [0.1, 0.15) is 12.7 Å². The van der Waals surface area contributed by atoms with Gasteiger partial charge in [-0.15, -0.1) is 0 Å². The molecule has 1 aromatic rings. The van der Waals surface area contributed by atoms with Crippen molar-refractivity contribution in [2.75, 3.05) is 6.61 Å². The van der Waals surface area contributed by atoms with E-state index in [0.29, 0.717) is 6.61 Å². The minimum Gasteiger partial charge on any atom is -0.232 e. The molecule has 2 heteroatoms. The topological polar surface area (TPSA) is 18.5 Å². The molecule has 0 unspecified atom stereocenters. The summed E-state index contributed by atoms with van der Waals surface area (Å²) in [6.45, 7) is 0.545. The lowest BCUT2D eigenvalue weighted by molar-refractivity contribution is -0.315. The van der Waals surface area contributed by atoms with Gasteiger partial charge in [-0.3, -0.25) is 0 Å². The van der Waals surface area contributed by atoms with Crippen LogP contribution in [0.4, 0.5) is 0 Å². The Morgan fingerprint density at radius 1 is 1.17 bits per heavy atom. The van der Waals surface area contributed by atoms with Crippen LogP contribution in [0.25, 0.3) is 0 Å². The van der Waals surface area contributed by atoms with E-state index in [4.69, 9.17) is 9.78 Å². The number of hydrogen-bond acceptors (Lipinski definition) is 2. The fourth-order valence-corrected chi connectivity index (χ4v) is 1.17. The van der Waals surface area contributed by atoms with Gasteiger partial charge in [-0.2, -0.15) is 0 Å². The van der Waals surface area contributed by atoms with Crippen molar-refractivity contribution in [2.24, 2.45) is 0 Å². The molecule has 12 heavy (non-hydrogen) atoms. The van der Waals surface area contributed by atoms with Crippen molar-refractivity contribution < 1.29 is 9.78 Å². The average molecular weight is 162 g/mol. The minimum absolute atomic E-state index is 0.0417. The molecule has 0 N–H and O–H groups in total. The molecule has 2 rings (SSSR count). The van der Waals surface area contributed by atoms with E-state index < -0.39 is 0 Å². The summed E-state index contributed by atoms with van der Waals surface area (Å²) in [4.78, 5) is 9.93. The molecule has 1 aliphatic rings. The Morgan fingerprint density at radius 3 is 2.67 bits per heavy atom. The first-order valence-corrected chi connectivity index (χ1v) is 3.97. The van der Waals surface area contributed by atoms with Gasteiger partial charge in [-0.05, 0) is 11.6 Å². The Hall–Kier alpha value is -1.12. The summed E-state index contributed by atoms with van der Waals surface area (Å²) >= 11 is 0. The van der Waals surface area contributed by atoms with Gasteiger partial charge in [0.15, 0.2) is 0 Å². The van der Waals surface area contributed by atoms with Crippen LogP contribution in [0.3, 0.4) is 0 Å². The van der Waals surface area contributed by atoms with E-state index in [-0.39, 0.29) is 6.10 Å². The van der Waals surface area contributed by atoms with Crippen molar-refractivity contribution in [3.05, 3.63) is 48.0 Å². The number of benzene rings is 1. The van der Waals surface area contributed by atoms with Crippen LogP contribution in [0.5, 0.6) is 0 Å². The lowest BCUT2D eigenvalue weighted by atomic mass is 10.1. The lowest BCUT2D eigenvalue weighted by Crippen LogP contribution is -2.07. The molecular weight excluding hydrogens is 152 g/mol. The molecule has 0 saturated heterocycles. The monoisotopic (exact) mass is 162 g/mol. The summed E-state index contributed by atoms with van der Waals surface area (Å²) in [6, 6.07) is 9.99. The highest BCUT2D eigenvalue weighted by atomic mass is 17.2. The Labute approximate surface area is 71.4 Å². The van der Waals surface area contributed by atoms with Crippen molar-refractivity contribution >= 4 is 0 Å². The largest absolute Gasteiger partial charge is 0.232 e. The molecule has 0 saturated carbocycles. The maximum atomic E-state index is 5.08. The molecule has 1 aromatic carbocycles. The van der Waals surface area contributed by atoms with Crippen LogP contribution in [-0.4, -0.2) is 6.61 Å². The first kappa shape index (κ1) is 7.53. The van der Waals surface area contributed by atoms with E-state index in [1.54, 1.807) is 0 Å². The Morgan fingerprint density at radius 2 is 2.00 bits per heavy atom. The summed E-state index contributed by atoms with van der Waals surface area (Å²) in [6.07, 6.45) is 3.92. The molecule has 0 radical (unpaired) electrons. The molecule has 0 spiro atoms. The first-order valence-electron chi connectivity index (χ1n) is 3.97. The summed E-state index contributed by atoms with van der Waals surface area (Å²) in [7, 11) is 0. The molecule has 2 nitrogen and oxygen atoms in total. The highest BCUT2D eigenvalue weighted by Crippen LogP contribution is 2.20. The van der Waals surface area contributed by atoms with Crippen LogP contribution in [0, 0.1) is 0 Å². The van der Waals surface area contributed by atoms with Gasteiger partial charge in [-0.1, -0.05) is 36.4 Å². The van der Waals surface area contributed by atoms with Gasteiger partial charge < -0.3 is 0 Å². The molecule has 1 aliphatic heterocycles. The summed E-state index contributed by atoms with van der Waals surface area (Å²) in [5, 5.41) is 0. The van der Waals surface area contributed by atoms with Crippen LogP contribution < -0.4 is 0 Å². The highest BCUT2D eigenvalue weighted by Gasteiger charge is 2.11. The average Bonchev–Trinajstić information content (AvgIpc) is 2.21. The third kappa shape index (κ3) is 1.55. The number of hydrogen-bond donors (Lipinski definition) is 0. The number of rotatable bonds is 1.